The van der Waals surface area contributed by atoms with E-state index >= 15 is 0 Å². The minimum atomic E-state index is -0.909. The minimum Gasteiger partial charge on any atom is -0.508 e. The van der Waals surface area contributed by atoms with Gasteiger partial charge < -0.3 is 5.11 Å². The number of thioether (sulfide) groups is 1. The maximum Gasteiger partial charge on any atom is 0.287 e. The molecule has 0 saturated carbocycles. The van der Waals surface area contributed by atoms with Crippen LogP contribution in [0.25, 0.3) is 0 Å². The molecule has 0 aliphatic carbocycles. The number of aromatic hydroxyl groups is 1. The fraction of sp³-hybridized carbons (Fsp3) is 0.143. The van der Waals surface area contributed by atoms with Crippen molar-refractivity contribution in [1.82, 2.24) is 0 Å². The Bertz CT molecular complexity index is 804. The first-order valence-corrected chi connectivity index (χ1v) is 7.91. The molecule has 0 fully saturated rings. The second-order valence-electron chi connectivity index (χ2n) is 4.89. The highest BCUT2D eigenvalue weighted by molar-refractivity contribution is 7.97. The van der Waals surface area contributed by atoms with Gasteiger partial charge in [-0.15, -0.1) is 0 Å². The zero-order valence-corrected chi connectivity index (χ0v) is 13.3. The molecule has 0 amide bonds. The molecule has 2 aromatic carbocycles. The largest absolute Gasteiger partial charge is 0.508 e. The Morgan fingerprint density at radius 1 is 0.840 bits per heavy atom. The summed E-state index contributed by atoms with van der Waals surface area (Å²) in [6, 6.07) is 7.72. The third-order valence-electron chi connectivity index (χ3n) is 3.24. The molecule has 11 heteroatoms. The third kappa shape index (κ3) is 4.41. The summed E-state index contributed by atoms with van der Waals surface area (Å²) in [6.07, 6.45) is 0. The SMILES string of the molecule is O=[N+]([O-])c1cc([N+](=O)[O-])c(CSCc2ccc(O)cc2)c([N+](=O)[O-])c1. The molecule has 0 unspecified atom stereocenters. The van der Waals surface area contributed by atoms with E-state index in [1.54, 1.807) is 12.1 Å². The van der Waals surface area contributed by atoms with Crippen molar-refractivity contribution in [1.29, 1.82) is 0 Å². The second kappa shape index (κ2) is 7.57. The van der Waals surface area contributed by atoms with Gasteiger partial charge in [0.25, 0.3) is 17.1 Å². The van der Waals surface area contributed by atoms with E-state index < -0.39 is 31.8 Å². The van der Waals surface area contributed by atoms with Crippen molar-refractivity contribution < 1.29 is 19.9 Å². The second-order valence-corrected chi connectivity index (χ2v) is 5.88. The maximum absolute atomic E-state index is 11.2. The van der Waals surface area contributed by atoms with Crippen LogP contribution in [-0.2, 0) is 11.5 Å². The first-order chi connectivity index (χ1) is 11.8. The average Bonchev–Trinajstić information content (AvgIpc) is 2.55. The van der Waals surface area contributed by atoms with E-state index in [4.69, 9.17) is 0 Å². The topological polar surface area (TPSA) is 150 Å². The van der Waals surface area contributed by atoms with Crippen LogP contribution in [0.4, 0.5) is 17.1 Å². The molecule has 10 nitrogen and oxygen atoms in total. The Hall–Kier alpha value is -3.21. The number of hydrogen-bond acceptors (Lipinski definition) is 8. The Morgan fingerprint density at radius 3 is 1.80 bits per heavy atom. The number of nitrogens with zero attached hydrogens (tertiary/aromatic N) is 3. The van der Waals surface area contributed by atoms with Crippen LogP contribution in [0.3, 0.4) is 0 Å². The van der Waals surface area contributed by atoms with Gasteiger partial charge in [-0.05, 0) is 17.7 Å². The summed E-state index contributed by atoms with van der Waals surface area (Å²) >= 11 is 1.18. The molecular weight excluding hydrogens is 354 g/mol. The van der Waals surface area contributed by atoms with Gasteiger partial charge in [-0.1, -0.05) is 12.1 Å². The Morgan fingerprint density at radius 2 is 1.36 bits per heavy atom. The number of hydrogen-bond donors (Lipinski definition) is 1. The molecule has 0 aliphatic rings. The van der Waals surface area contributed by atoms with Crippen LogP contribution in [0, 0.1) is 30.3 Å². The quantitative estimate of drug-likeness (QED) is 0.578. The Kier molecular flexibility index (Phi) is 5.49. The van der Waals surface area contributed by atoms with E-state index in [1.807, 2.05) is 0 Å². The van der Waals surface area contributed by atoms with Gasteiger partial charge >= 0.3 is 0 Å². The molecule has 130 valence electrons. The van der Waals surface area contributed by atoms with E-state index in [-0.39, 0.29) is 17.1 Å². The molecule has 0 saturated heterocycles. The van der Waals surface area contributed by atoms with Crippen LogP contribution in [0.15, 0.2) is 36.4 Å². The lowest BCUT2D eigenvalue weighted by Crippen LogP contribution is -2.02. The molecule has 0 atom stereocenters. The molecule has 0 aliphatic heterocycles. The molecule has 0 bridgehead atoms. The molecule has 2 rings (SSSR count). The van der Waals surface area contributed by atoms with Crippen LogP contribution < -0.4 is 0 Å². The van der Waals surface area contributed by atoms with E-state index in [9.17, 15) is 35.4 Å². The van der Waals surface area contributed by atoms with Crippen molar-refractivity contribution in [2.45, 2.75) is 11.5 Å². The summed E-state index contributed by atoms with van der Waals surface area (Å²) in [5.41, 5.74) is -1.37. The van der Waals surface area contributed by atoms with Gasteiger partial charge in [-0.3, -0.25) is 30.3 Å². The van der Waals surface area contributed by atoms with Crippen LogP contribution in [0.5, 0.6) is 5.75 Å². The molecule has 0 radical (unpaired) electrons. The molecule has 0 spiro atoms. The number of benzene rings is 2. The van der Waals surface area contributed by atoms with Crippen LogP contribution >= 0.6 is 11.8 Å². The average molecular weight is 365 g/mol. The van der Waals surface area contributed by atoms with Crippen molar-refractivity contribution >= 4 is 28.8 Å². The molecule has 1 N–H and O–H groups in total. The number of nitro benzene ring substituents is 3. The van der Waals surface area contributed by atoms with Gasteiger partial charge in [-0.25, -0.2) is 0 Å². The summed E-state index contributed by atoms with van der Waals surface area (Å²) in [7, 11) is 0. The Labute approximate surface area is 144 Å². The standard InChI is InChI=1S/C14H11N3O7S/c18-11-3-1-9(2-4-11)7-25-8-12-13(16(21)22)5-10(15(19)20)6-14(12)17(23)24/h1-6,18H,7-8H2. The van der Waals surface area contributed by atoms with E-state index in [0.29, 0.717) is 5.75 Å². The summed E-state index contributed by atoms with van der Waals surface area (Å²) in [4.78, 5) is 30.5. The van der Waals surface area contributed by atoms with Crippen LogP contribution in [0.1, 0.15) is 11.1 Å². The van der Waals surface area contributed by atoms with Crippen molar-refractivity contribution in [3.63, 3.8) is 0 Å². The smallest absolute Gasteiger partial charge is 0.287 e. The summed E-state index contributed by atoms with van der Waals surface area (Å²) in [6.45, 7) is 0. The van der Waals surface area contributed by atoms with Gasteiger partial charge in [0, 0.05) is 11.5 Å². The first-order valence-electron chi connectivity index (χ1n) is 6.75. The fourth-order valence-electron chi connectivity index (χ4n) is 2.07. The highest BCUT2D eigenvalue weighted by atomic mass is 32.2. The zero-order valence-electron chi connectivity index (χ0n) is 12.5. The molecule has 0 aromatic heterocycles. The Balaban J connectivity index is 2.31. The highest BCUT2D eigenvalue weighted by Crippen LogP contribution is 2.36. The predicted octanol–water partition coefficient (Wildman–Crippen LogP) is 3.55. The molecule has 0 heterocycles. The van der Waals surface area contributed by atoms with Gasteiger partial charge in [-0.2, -0.15) is 11.8 Å². The zero-order chi connectivity index (χ0) is 18.6. The van der Waals surface area contributed by atoms with Gasteiger partial charge in [0.15, 0.2) is 0 Å². The molecular formula is C14H11N3O7S. The van der Waals surface area contributed by atoms with Crippen LogP contribution in [0.2, 0.25) is 0 Å². The number of phenolic OH excluding ortho intramolecular Hbond substituents is 1. The third-order valence-corrected chi connectivity index (χ3v) is 4.27. The lowest BCUT2D eigenvalue weighted by Gasteiger charge is -2.05. The van der Waals surface area contributed by atoms with Crippen molar-refractivity contribution in [2.24, 2.45) is 0 Å². The number of nitro groups is 3. The molecule has 2 aromatic rings. The monoisotopic (exact) mass is 365 g/mol. The van der Waals surface area contributed by atoms with Gasteiger partial charge in [0.1, 0.15) is 11.3 Å². The summed E-state index contributed by atoms with van der Waals surface area (Å²) < 4.78 is 0. The fourth-order valence-corrected chi connectivity index (χ4v) is 3.10. The number of phenols is 1. The predicted molar refractivity (Wildman–Crippen MR) is 89.5 cm³/mol. The lowest BCUT2D eigenvalue weighted by atomic mass is 10.1. The van der Waals surface area contributed by atoms with Crippen molar-refractivity contribution in [3.8, 4) is 5.75 Å². The van der Waals surface area contributed by atoms with Crippen molar-refractivity contribution in [2.75, 3.05) is 0 Å². The van der Waals surface area contributed by atoms with Gasteiger partial charge in [0.2, 0.25) is 0 Å². The summed E-state index contributed by atoms with van der Waals surface area (Å²) in [5, 5.41) is 42.4. The minimum absolute atomic E-state index is 0.0640. The van der Waals surface area contributed by atoms with Crippen molar-refractivity contribution in [3.05, 3.63) is 77.9 Å². The number of rotatable bonds is 7. The van der Waals surface area contributed by atoms with E-state index in [0.717, 1.165) is 17.7 Å². The van der Waals surface area contributed by atoms with E-state index in [1.165, 1.54) is 23.9 Å². The van der Waals surface area contributed by atoms with Gasteiger partial charge in [0.05, 0.1) is 26.9 Å². The lowest BCUT2D eigenvalue weighted by molar-refractivity contribution is -0.404. The highest BCUT2D eigenvalue weighted by Gasteiger charge is 2.30. The van der Waals surface area contributed by atoms with E-state index in [2.05, 4.69) is 0 Å². The maximum atomic E-state index is 11.2. The molecule has 25 heavy (non-hydrogen) atoms. The number of non-ortho nitro benzene ring substituents is 1. The normalized spacial score (nSPS) is 10.4. The van der Waals surface area contributed by atoms with Crippen LogP contribution in [-0.4, -0.2) is 19.9 Å². The first kappa shape index (κ1) is 18.1. The summed E-state index contributed by atoms with van der Waals surface area (Å²) in [5.74, 6) is 0.423.